The quantitative estimate of drug-likeness (QED) is 0.0927. The van der Waals surface area contributed by atoms with Crippen LogP contribution in [0, 0.1) is 0 Å². The van der Waals surface area contributed by atoms with Gasteiger partial charge in [0.15, 0.2) is 0 Å². The number of unbranched alkanes of at least 4 members (excludes halogenated alkanes) is 1. The average molecular weight is 796 g/mol. The van der Waals surface area contributed by atoms with Crippen LogP contribution < -0.4 is 25.8 Å². The number of rotatable bonds is 21. The van der Waals surface area contributed by atoms with Crippen molar-refractivity contribution in [2.75, 3.05) is 33.0 Å². The highest BCUT2D eigenvalue weighted by Crippen LogP contribution is 2.25. The second kappa shape index (κ2) is 21.5. The van der Waals surface area contributed by atoms with Gasteiger partial charge in [0.1, 0.15) is 17.8 Å². The summed E-state index contributed by atoms with van der Waals surface area (Å²) in [6, 6.07) is 20.1. The second-order valence-electron chi connectivity index (χ2n) is 13.4. The smallest absolute Gasteiger partial charge is 0.289 e. The SMILES string of the molecule is COc1ccc(C=CC[C@@H](NS(C)(=O)=O)C(=O)N2C[C@H](OCc3ccc(Cl)cc3)C[C@H]2C(=O)N[C@@H](CCCCN)C(=O)C(=O)NCCc2ccccc2)cc1. The number of nitrogens with two attached hydrogens (primary N) is 1. The molecule has 3 aromatic carbocycles. The Kier molecular flexibility index (Phi) is 16.8. The summed E-state index contributed by atoms with van der Waals surface area (Å²) in [7, 11) is -2.31. The summed E-state index contributed by atoms with van der Waals surface area (Å²) >= 11 is 6.04. The topological polar surface area (TPSA) is 186 Å². The fraction of sp³-hybridized carbons (Fsp3) is 0.400. The van der Waals surface area contributed by atoms with Gasteiger partial charge in [-0.25, -0.2) is 13.1 Å². The van der Waals surface area contributed by atoms with E-state index in [2.05, 4.69) is 15.4 Å². The molecule has 1 saturated heterocycles. The lowest BCUT2D eigenvalue weighted by atomic mass is 10.0. The van der Waals surface area contributed by atoms with E-state index in [1.807, 2.05) is 42.5 Å². The summed E-state index contributed by atoms with van der Waals surface area (Å²) in [6.07, 6.45) is 5.49. The minimum atomic E-state index is -3.87. The zero-order valence-electron chi connectivity index (χ0n) is 31.1. The molecule has 5 N–H and O–H groups in total. The van der Waals surface area contributed by atoms with Crippen LogP contribution in [0.1, 0.15) is 48.8 Å². The molecular weight excluding hydrogens is 746 g/mol. The molecular formula is C40H50ClN5O8S. The number of Topliss-reactive ketones (excluding diaryl/α,β-unsaturated/α-hetero) is 1. The first kappa shape index (κ1) is 43.1. The van der Waals surface area contributed by atoms with Gasteiger partial charge in [0.2, 0.25) is 27.6 Å². The molecule has 296 valence electrons. The maximum Gasteiger partial charge on any atom is 0.289 e. The summed E-state index contributed by atoms with van der Waals surface area (Å²) in [5, 5.41) is 5.95. The van der Waals surface area contributed by atoms with E-state index in [9.17, 15) is 27.6 Å². The lowest BCUT2D eigenvalue weighted by Gasteiger charge is -2.29. The summed E-state index contributed by atoms with van der Waals surface area (Å²) < 4.78 is 38.7. The third-order valence-corrected chi connectivity index (χ3v) is 10.0. The minimum absolute atomic E-state index is 0.0254. The number of nitrogens with one attached hydrogen (secondary N) is 3. The monoisotopic (exact) mass is 795 g/mol. The van der Waals surface area contributed by atoms with E-state index in [1.165, 1.54) is 4.90 Å². The zero-order valence-corrected chi connectivity index (χ0v) is 32.7. The maximum absolute atomic E-state index is 14.2. The van der Waals surface area contributed by atoms with E-state index in [1.54, 1.807) is 55.7 Å². The van der Waals surface area contributed by atoms with Crippen LogP contribution in [0.4, 0.5) is 0 Å². The molecule has 1 heterocycles. The first-order chi connectivity index (χ1) is 26.4. The molecule has 3 aromatic rings. The highest BCUT2D eigenvalue weighted by atomic mass is 35.5. The van der Waals surface area contributed by atoms with E-state index in [4.69, 9.17) is 26.8 Å². The Morgan fingerprint density at radius 2 is 1.67 bits per heavy atom. The number of methoxy groups -OCH3 is 1. The molecule has 15 heteroatoms. The summed E-state index contributed by atoms with van der Waals surface area (Å²) in [5.41, 5.74) is 8.30. The molecule has 55 heavy (non-hydrogen) atoms. The van der Waals surface area contributed by atoms with Gasteiger partial charge < -0.3 is 30.7 Å². The Hall–Kier alpha value is -4.60. The van der Waals surface area contributed by atoms with E-state index in [0.29, 0.717) is 36.6 Å². The Morgan fingerprint density at radius 3 is 2.33 bits per heavy atom. The van der Waals surface area contributed by atoms with Gasteiger partial charge in [0, 0.05) is 24.5 Å². The first-order valence-corrected chi connectivity index (χ1v) is 20.4. The third kappa shape index (κ3) is 14.2. The highest BCUT2D eigenvalue weighted by Gasteiger charge is 2.43. The van der Waals surface area contributed by atoms with Crippen molar-refractivity contribution in [3.63, 3.8) is 0 Å². The van der Waals surface area contributed by atoms with Crippen molar-refractivity contribution in [2.45, 2.75) is 69.4 Å². The van der Waals surface area contributed by atoms with Gasteiger partial charge >= 0.3 is 0 Å². The van der Waals surface area contributed by atoms with Crippen LogP contribution in [0.25, 0.3) is 6.08 Å². The molecule has 0 aliphatic carbocycles. The average Bonchev–Trinajstić information content (AvgIpc) is 3.61. The van der Waals surface area contributed by atoms with Crippen LogP contribution in [0.5, 0.6) is 5.75 Å². The Balaban J connectivity index is 1.54. The molecule has 0 bridgehead atoms. The Bertz CT molecular complexity index is 1860. The van der Waals surface area contributed by atoms with Crippen LogP contribution in [-0.2, 0) is 47.0 Å². The molecule has 4 rings (SSSR count). The van der Waals surface area contributed by atoms with E-state index < -0.39 is 57.8 Å². The molecule has 1 aliphatic rings. The van der Waals surface area contributed by atoms with Crippen LogP contribution in [-0.4, -0.2) is 94.1 Å². The largest absolute Gasteiger partial charge is 0.497 e. The number of sulfonamides is 1. The van der Waals surface area contributed by atoms with Crippen LogP contribution >= 0.6 is 11.6 Å². The van der Waals surface area contributed by atoms with Gasteiger partial charge in [-0.15, -0.1) is 0 Å². The van der Waals surface area contributed by atoms with E-state index >= 15 is 0 Å². The minimum Gasteiger partial charge on any atom is -0.497 e. The van der Waals surface area contributed by atoms with Crippen LogP contribution in [0.2, 0.25) is 5.02 Å². The molecule has 0 spiro atoms. The number of benzene rings is 3. The molecule has 3 amide bonds. The highest BCUT2D eigenvalue weighted by molar-refractivity contribution is 7.88. The van der Waals surface area contributed by atoms with Gasteiger partial charge in [0.05, 0.1) is 32.1 Å². The third-order valence-electron chi connectivity index (χ3n) is 9.05. The number of likely N-dealkylation sites (tertiary alicyclic amines) is 1. The zero-order chi connectivity index (χ0) is 39.8. The van der Waals surface area contributed by atoms with E-state index in [0.717, 1.165) is 22.9 Å². The van der Waals surface area contributed by atoms with Crippen LogP contribution in [0.15, 0.2) is 84.9 Å². The summed E-state index contributed by atoms with van der Waals surface area (Å²) in [4.78, 5) is 56.1. The predicted molar refractivity (Wildman–Crippen MR) is 212 cm³/mol. The fourth-order valence-corrected chi connectivity index (χ4v) is 7.00. The van der Waals surface area contributed by atoms with Crippen molar-refractivity contribution >= 4 is 51.2 Å². The summed E-state index contributed by atoms with van der Waals surface area (Å²) in [5.74, 6) is -2.29. The number of nitrogens with zero attached hydrogens (tertiary/aromatic N) is 1. The lowest BCUT2D eigenvalue weighted by Crippen LogP contribution is -2.56. The number of hydrogen-bond donors (Lipinski definition) is 4. The maximum atomic E-state index is 14.2. The van der Waals surface area contributed by atoms with Gasteiger partial charge in [-0.1, -0.05) is 78.4 Å². The van der Waals surface area contributed by atoms with Crippen molar-refractivity contribution in [3.05, 3.63) is 107 Å². The molecule has 4 atom stereocenters. The van der Waals surface area contributed by atoms with E-state index in [-0.39, 0.29) is 39.0 Å². The first-order valence-electron chi connectivity index (χ1n) is 18.2. The van der Waals surface area contributed by atoms with Crippen molar-refractivity contribution in [1.29, 1.82) is 0 Å². The van der Waals surface area contributed by atoms with Gasteiger partial charge in [-0.2, -0.15) is 0 Å². The number of ketones is 1. The second-order valence-corrected chi connectivity index (χ2v) is 15.6. The number of carbonyl (C=O) groups excluding carboxylic acids is 4. The van der Waals surface area contributed by atoms with Crippen molar-refractivity contribution in [1.82, 2.24) is 20.3 Å². The molecule has 0 saturated carbocycles. The van der Waals surface area contributed by atoms with Gasteiger partial charge in [-0.3, -0.25) is 19.2 Å². The Labute approximate surface area is 328 Å². The molecule has 1 fully saturated rings. The Morgan fingerprint density at radius 1 is 0.964 bits per heavy atom. The van der Waals surface area contributed by atoms with Crippen molar-refractivity contribution in [3.8, 4) is 5.75 Å². The summed E-state index contributed by atoms with van der Waals surface area (Å²) in [6.45, 7) is 0.714. The lowest BCUT2D eigenvalue weighted by molar-refractivity contribution is -0.142. The molecule has 0 unspecified atom stereocenters. The number of hydrogen-bond acceptors (Lipinski definition) is 9. The van der Waals surface area contributed by atoms with Crippen LogP contribution in [0.3, 0.4) is 0 Å². The predicted octanol–water partition coefficient (Wildman–Crippen LogP) is 3.40. The van der Waals surface area contributed by atoms with Gasteiger partial charge in [0.25, 0.3) is 5.91 Å². The number of halogens is 1. The standard InChI is InChI=1S/C40H50ClN5O8S/c1-53-32-20-16-29(17-21-32)11-8-13-35(45-55(2,51)52)40(50)46-26-33(54-27-30-14-18-31(41)19-15-30)25-36(46)38(48)44-34(12-6-7-23-42)37(47)39(49)43-24-22-28-9-4-3-5-10-28/h3-5,8-11,14-21,33-36,45H,6-7,12-13,22-27,42H2,1-2H3,(H,43,49)(H,44,48)/t33-,34+,35-,36+/m1/s1. The van der Waals surface area contributed by atoms with Gasteiger partial charge in [-0.05, 0) is 79.6 Å². The van der Waals surface area contributed by atoms with Crippen molar-refractivity contribution < 1.29 is 37.1 Å². The molecule has 0 aromatic heterocycles. The molecule has 0 radical (unpaired) electrons. The van der Waals surface area contributed by atoms with Crippen molar-refractivity contribution in [2.24, 2.45) is 5.73 Å². The molecule has 13 nitrogen and oxygen atoms in total. The molecule has 1 aliphatic heterocycles. The normalized spacial score (nSPS) is 16.8. The number of carbonyl (C=O) groups is 4. The number of amides is 3. The number of ether oxygens (including phenoxy) is 2. The fourth-order valence-electron chi connectivity index (χ4n) is 6.16.